The van der Waals surface area contributed by atoms with Crippen molar-refractivity contribution in [1.82, 2.24) is 5.32 Å². The lowest BCUT2D eigenvalue weighted by molar-refractivity contribution is -0.173. The molecule has 0 spiro atoms. The lowest BCUT2D eigenvalue weighted by atomic mass is 10.5. The third-order valence-corrected chi connectivity index (χ3v) is 3.59. The summed E-state index contributed by atoms with van der Waals surface area (Å²) < 4.78 is 61.7. The largest absolute Gasteiger partial charge is 0.471 e. The first-order valence-corrected chi connectivity index (χ1v) is 9.69. The zero-order valence-corrected chi connectivity index (χ0v) is 16.7. The van der Waals surface area contributed by atoms with Gasteiger partial charge in [-0.1, -0.05) is 11.8 Å². The Morgan fingerprint density at radius 1 is 0.750 bits per heavy atom. The molecular formula is C16H28F3NO7S. The van der Waals surface area contributed by atoms with Gasteiger partial charge in [0, 0.05) is 19.2 Å². The number of hydrogen-bond acceptors (Lipinski definition) is 8. The Morgan fingerprint density at radius 2 is 1.14 bits per heavy atom. The molecule has 0 rings (SSSR count). The molecule has 0 unspecified atom stereocenters. The number of ether oxygens (including phenoxy) is 5. The van der Waals surface area contributed by atoms with Crippen molar-refractivity contribution in [1.29, 1.82) is 0 Å². The molecule has 1 amide bonds. The van der Waals surface area contributed by atoms with Gasteiger partial charge in [-0.05, 0) is 0 Å². The molecule has 0 aliphatic carbocycles. The number of hydrogen-bond donors (Lipinski definition) is 1. The number of halogens is 3. The number of rotatable bonds is 18. The number of carbonyl (C=O) groups is 2. The first-order chi connectivity index (χ1) is 13.3. The third kappa shape index (κ3) is 19.8. The Morgan fingerprint density at radius 3 is 1.54 bits per heavy atom. The van der Waals surface area contributed by atoms with E-state index in [2.05, 4.69) is 0 Å². The molecule has 0 bridgehead atoms. The average Bonchev–Trinajstić information content (AvgIpc) is 2.62. The molecule has 0 aromatic carbocycles. The summed E-state index contributed by atoms with van der Waals surface area (Å²) in [4.78, 5) is 21.2. The second-order valence-electron chi connectivity index (χ2n) is 5.16. The minimum Gasteiger partial charge on any atom is -0.378 e. The van der Waals surface area contributed by atoms with Crippen LogP contribution in [-0.2, 0) is 33.3 Å². The maximum Gasteiger partial charge on any atom is 0.471 e. The molecule has 0 aromatic rings. The lowest BCUT2D eigenvalue weighted by Crippen LogP contribution is -2.38. The van der Waals surface area contributed by atoms with Gasteiger partial charge >= 0.3 is 12.1 Å². The van der Waals surface area contributed by atoms with Crippen LogP contribution in [0, 0.1) is 0 Å². The van der Waals surface area contributed by atoms with Crippen LogP contribution in [0.5, 0.6) is 0 Å². The van der Waals surface area contributed by atoms with Gasteiger partial charge in [0.1, 0.15) is 0 Å². The van der Waals surface area contributed by atoms with Gasteiger partial charge in [0.15, 0.2) is 5.12 Å². The van der Waals surface area contributed by atoms with Crippen LogP contribution in [0.4, 0.5) is 13.2 Å². The van der Waals surface area contributed by atoms with E-state index in [1.165, 1.54) is 18.7 Å². The van der Waals surface area contributed by atoms with Crippen LogP contribution in [0.15, 0.2) is 0 Å². The summed E-state index contributed by atoms with van der Waals surface area (Å²) in [6, 6.07) is 0. The molecule has 166 valence electrons. The summed E-state index contributed by atoms with van der Waals surface area (Å²) in [5.41, 5.74) is 0. The van der Waals surface area contributed by atoms with Crippen molar-refractivity contribution >= 4 is 22.8 Å². The smallest absolute Gasteiger partial charge is 0.378 e. The normalized spacial score (nSPS) is 11.6. The van der Waals surface area contributed by atoms with Crippen LogP contribution in [-0.4, -0.2) is 95.6 Å². The molecule has 0 aliphatic rings. The third-order valence-electron chi connectivity index (χ3n) is 2.81. The maximum atomic E-state index is 11.9. The molecule has 0 aromatic heterocycles. The predicted octanol–water partition coefficient (Wildman–Crippen LogP) is 1.03. The number of carbonyl (C=O) groups excluding carboxylic acids is 2. The molecule has 0 saturated heterocycles. The minimum atomic E-state index is -4.88. The van der Waals surface area contributed by atoms with E-state index in [1.54, 1.807) is 5.32 Å². The van der Waals surface area contributed by atoms with Crippen molar-refractivity contribution < 1.29 is 46.4 Å². The number of alkyl halides is 3. The monoisotopic (exact) mass is 435 g/mol. The quantitative estimate of drug-likeness (QED) is 0.319. The van der Waals surface area contributed by atoms with E-state index in [-0.39, 0.29) is 31.5 Å². The fraction of sp³-hybridized carbons (Fsp3) is 0.875. The van der Waals surface area contributed by atoms with Gasteiger partial charge in [0.2, 0.25) is 0 Å². The van der Waals surface area contributed by atoms with E-state index in [4.69, 9.17) is 23.7 Å². The molecule has 8 nitrogen and oxygen atoms in total. The van der Waals surface area contributed by atoms with Crippen molar-refractivity contribution in [3.05, 3.63) is 0 Å². The Hall–Kier alpha value is -0.920. The van der Waals surface area contributed by atoms with Gasteiger partial charge in [-0.15, -0.1) is 0 Å². The van der Waals surface area contributed by atoms with Crippen LogP contribution in [0.3, 0.4) is 0 Å². The highest BCUT2D eigenvalue weighted by Crippen LogP contribution is 2.13. The fourth-order valence-electron chi connectivity index (χ4n) is 1.56. The number of thioether (sulfide) groups is 1. The topological polar surface area (TPSA) is 92.3 Å². The molecule has 0 aliphatic heterocycles. The van der Waals surface area contributed by atoms with Crippen molar-refractivity contribution in [2.75, 3.05) is 78.4 Å². The van der Waals surface area contributed by atoms with E-state index in [9.17, 15) is 22.8 Å². The summed E-state index contributed by atoms with van der Waals surface area (Å²) >= 11 is 1.22. The van der Waals surface area contributed by atoms with Crippen LogP contribution < -0.4 is 5.32 Å². The van der Waals surface area contributed by atoms with Gasteiger partial charge in [0.25, 0.3) is 0 Å². The van der Waals surface area contributed by atoms with Crippen LogP contribution in [0.2, 0.25) is 0 Å². The highest BCUT2D eigenvalue weighted by molar-refractivity contribution is 8.13. The number of amides is 1. The number of nitrogens with one attached hydrogen (secondary N) is 1. The van der Waals surface area contributed by atoms with Crippen molar-refractivity contribution in [3.8, 4) is 0 Å². The molecule has 28 heavy (non-hydrogen) atoms. The summed E-state index contributed by atoms with van der Waals surface area (Å²) in [5, 5.41) is 1.77. The first kappa shape index (κ1) is 27.1. The van der Waals surface area contributed by atoms with Gasteiger partial charge in [-0.25, -0.2) is 0 Å². The van der Waals surface area contributed by atoms with E-state index >= 15 is 0 Å². The average molecular weight is 435 g/mol. The Balaban J connectivity index is 3.12. The van der Waals surface area contributed by atoms with Gasteiger partial charge in [-0.3, -0.25) is 9.59 Å². The Labute approximate surface area is 166 Å². The Kier molecular flexibility index (Phi) is 17.5. The molecule has 0 atom stereocenters. The lowest BCUT2D eigenvalue weighted by Gasteiger charge is -2.09. The van der Waals surface area contributed by atoms with Crippen LogP contribution in [0.1, 0.15) is 6.92 Å². The Bertz CT molecular complexity index is 414. The summed E-state index contributed by atoms with van der Waals surface area (Å²) in [7, 11) is 0. The molecule has 0 heterocycles. The standard InChI is InChI=1S/C16H28F3NO7S/c1-14(21)28-13-12-27-11-10-26-9-8-25-7-6-24-5-4-23-3-2-20-15(22)16(17,18)19/h2-13H2,1H3,(H,20,22). The van der Waals surface area contributed by atoms with E-state index < -0.39 is 12.1 Å². The SMILES string of the molecule is CC(=O)SCCOCCOCCOCCOCCOCCNC(=O)C(F)(F)F. The van der Waals surface area contributed by atoms with Gasteiger partial charge in [0.05, 0.1) is 66.1 Å². The van der Waals surface area contributed by atoms with Crippen molar-refractivity contribution in [2.45, 2.75) is 13.1 Å². The maximum absolute atomic E-state index is 11.9. The van der Waals surface area contributed by atoms with Gasteiger partial charge < -0.3 is 29.0 Å². The van der Waals surface area contributed by atoms with Crippen molar-refractivity contribution in [2.24, 2.45) is 0 Å². The zero-order chi connectivity index (χ0) is 21.1. The summed E-state index contributed by atoms with van der Waals surface area (Å²) in [6.45, 7) is 4.73. The van der Waals surface area contributed by atoms with Gasteiger partial charge in [-0.2, -0.15) is 13.2 Å². The molecule has 0 fully saturated rings. The fourth-order valence-corrected chi connectivity index (χ4v) is 2.05. The zero-order valence-electron chi connectivity index (χ0n) is 15.9. The highest BCUT2D eigenvalue weighted by Gasteiger charge is 2.38. The van der Waals surface area contributed by atoms with E-state index in [0.717, 1.165) is 0 Å². The minimum absolute atomic E-state index is 0.0295. The second-order valence-corrected chi connectivity index (χ2v) is 6.43. The molecule has 0 saturated carbocycles. The second kappa shape index (κ2) is 18.1. The van der Waals surface area contributed by atoms with Crippen LogP contribution >= 0.6 is 11.8 Å². The molecular weight excluding hydrogens is 407 g/mol. The first-order valence-electron chi connectivity index (χ1n) is 8.71. The van der Waals surface area contributed by atoms with Crippen LogP contribution in [0.25, 0.3) is 0 Å². The van der Waals surface area contributed by atoms with E-state index in [1.807, 2.05) is 0 Å². The highest BCUT2D eigenvalue weighted by atomic mass is 32.2. The molecule has 12 heteroatoms. The van der Waals surface area contributed by atoms with Crippen molar-refractivity contribution in [3.63, 3.8) is 0 Å². The predicted molar refractivity (Wildman–Crippen MR) is 96.3 cm³/mol. The molecule has 1 N–H and O–H groups in total. The van der Waals surface area contributed by atoms with E-state index in [0.29, 0.717) is 52.0 Å². The molecule has 0 radical (unpaired) electrons. The summed E-state index contributed by atoms with van der Waals surface area (Å²) in [5.74, 6) is -1.34. The summed E-state index contributed by atoms with van der Waals surface area (Å²) in [6.07, 6.45) is -4.88.